The standard InChI is InChI=1S/C13H17ClN2O4S/c1-2-16(10-4-5-10)13(17)8-20-11-6-3-9(14)7-12(11)21(15,18)19/h3,6-7,10H,2,4-5,8H2,1H3,(H2,15,18,19). The average Bonchev–Trinajstić information content (AvgIpc) is 3.21. The fraction of sp³-hybridized carbons (Fsp3) is 0.462. The Hall–Kier alpha value is -1.31. The van der Waals surface area contributed by atoms with E-state index in [0.29, 0.717) is 6.54 Å². The van der Waals surface area contributed by atoms with Crippen LogP contribution in [0.1, 0.15) is 19.8 Å². The number of nitrogens with zero attached hydrogens (tertiary/aromatic N) is 1. The molecule has 1 aliphatic rings. The third kappa shape index (κ3) is 4.09. The molecule has 1 saturated carbocycles. The van der Waals surface area contributed by atoms with Crippen LogP contribution in [0, 0.1) is 0 Å². The second-order valence-electron chi connectivity index (χ2n) is 4.84. The summed E-state index contributed by atoms with van der Waals surface area (Å²) in [5.41, 5.74) is 0. The molecule has 1 aliphatic carbocycles. The van der Waals surface area contributed by atoms with E-state index >= 15 is 0 Å². The summed E-state index contributed by atoms with van der Waals surface area (Å²) in [6.07, 6.45) is 2.01. The molecule has 1 amide bonds. The summed E-state index contributed by atoms with van der Waals surface area (Å²) in [7, 11) is -3.97. The molecule has 116 valence electrons. The van der Waals surface area contributed by atoms with Crippen molar-refractivity contribution in [3.63, 3.8) is 0 Å². The molecule has 0 radical (unpaired) electrons. The first kappa shape index (κ1) is 16.1. The molecule has 0 spiro atoms. The van der Waals surface area contributed by atoms with Gasteiger partial charge in [0.2, 0.25) is 10.0 Å². The Kier molecular flexibility index (Phi) is 4.75. The highest BCUT2D eigenvalue weighted by atomic mass is 35.5. The number of halogens is 1. The zero-order chi connectivity index (χ0) is 15.6. The van der Waals surface area contributed by atoms with Crippen LogP contribution in [-0.2, 0) is 14.8 Å². The average molecular weight is 333 g/mol. The highest BCUT2D eigenvalue weighted by molar-refractivity contribution is 7.89. The zero-order valence-corrected chi connectivity index (χ0v) is 13.2. The van der Waals surface area contributed by atoms with E-state index < -0.39 is 10.0 Å². The summed E-state index contributed by atoms with van der Waals surface area (Å²) >= 11 is 5.76. The van der Waals surface area contributed by atoms with Gasteiger partial charge in [-0.2, -0.15) is 0 Å². The lowest BCUT2D eigenvalue weighted by Crippen LogP contribution is -2.36. The first-order chi connectivity index (χ1) is 9.82. The van der Waals surface area contributed by atoms with Gasteiger partial charge in [0.15, 0.2) is 6.61 Å². The predicted octanol–water partition coefficient (Wildman–Crippen LogP) is 1.38. The van der Waals surface area contributed by atoms with Crippen molar-refractivity contribution in [1.29, 1.82) is 0 Å². The molecule has 0 aliphatic heterocycles. The molecule has 8 heteroatoms. The zero-order valence-electron chi connectivity index (χ0n) is 11.6. The molecule has 2 rings (SSSR count). The lowest BCUT2D eigenvalue weighted by Gasteiger charge is -2.20. The minimum Gasteiger partial charge on any atom is -0.482 e. The fourth-order valence-corrected chi connectivity index (χ4v) is 3.01. The Balaban J connectivity index is 2.11. The summed E-state index contributed by atoms with van der Waals surface area (Å²) in [6.45, 7) is 2.28. The second kappa shape index (κ2) is 6.21. The van der Waals surface area contributed by atoms with Gasteiger partial charge in [0, 0.05) is 17.6 Å². The maximum absolute atomic E-state index is 12.1. The minimum atomic E-state index is -3.97. The number of primary sulfonamides is 1. The van der Waals surface area contributed by atoms with Crippen molar-refractivity contribution in [3.8, 4) is 5.75 Å². The van der Waals surface area contributed by atoms with Gasteiger partial charge in [-0.25, -0.2) is 13.6 Å². The van der Waals surface area contributed by atoms with Gasteiger partial charge in [-0.05, 0) is 38.0 Å². The Bertz CT molecular complexity index is 644. The van der Waals surface area contributed by atoms with Crippen molar-refractivity contribution in [2.75, 3.05) is 13.2 Å². The molecule has 0 heterocycles. The molecule has 0 saturated heterocycles. The molecule has 1 aromatic rings. The molecule has 0 atom stereocenters. The number of rotatable bonds is 6. The third-order valence-corrected chi connectivity index (χ3v) is 4.38. The molecule has 0 aromatic heterocycles. The van der Waals surface area contributed by atoms with Gasteiger partial charge in [-0.1, -0.05) is 11.6 Å². The second-order valence-corrected chi connectivity index (χ2v) is 6.80. The number of carbonyl (C=O) groups excluding carboxylic acids is 1. The van der Waals surface area contributed by atoms with Crippen molar-refractivity contribution in [2.24, 2.45) is 5.14 Å². The smallest absolute Gasteiger partial charge is 0.260 e. The maximum Gasteiger partial charge on any atom is 0.260 e. The fourth-order valence-electron chi connectivity index (χ4n) is 2.07. The number of hydrogen-bond donors (Lipinski definition) is 1. The van der Waals surface area contributed by atoms with E-state index in [1.165, 1.54) is 18.2 Å². The summed E-state index contributed by atoms with van der Waals surface area (Å²) in [4.78, 5) is 13.6. The van der Waals surface area contributed by atoms with Crippen molar-refractivity contribution in [3.05, 3.63) is 23.2 Å². The number of carbonyl (C=O) groups is 1. The molecule has 0 bridgehead atoms. The summed E-state index contributed by atoms with van der Waals surface area (Å²) in [6, 6.07) is 4.36. The highest BCUT2D eigenvalue weighted by Gasteiger charge is 2.31. The van der Waals surface area contributed by atoms with E-state index in [4.69, 9.17) is 21.5 Å². The topological polar surface area (TPSA) is 89.7 Å². The van der Waals surface area contributed by atoms with Crippen LogP contribution < -0.4 is 9.88 Å². The van der Waals surface area contributed by atoms with Crippen molar-refractivity contribution < 1.29 is 17.9 Å². The summed E-state index contributed by atoms with van der Waals surface area (Å²) in [5.74, 6) is -0.141. The van der Waals surface area contributed by atoms with Gasteiger partial charge in [0.1, 0.15) is 10.6 Å². The normalized spacial score (nSPS) is 14.8. The number of benzene rings is 1. The van der Waals surface area contributed by atoms with Gasteiger partial charge in [0.25, 0.3) is 5.91 Å². The van der Waals surface area contributed by atoms with Crippen LogP contribution in [0.25, 0.3) is 0 Å². The molecule has 1 aromatic carbocycles. The summed E-state index contributed by atoms with van der Waals surface area (Å²) < 4.78 is 28.3. The number of hydrogen-bond acceptors (Lipinski definition) is 4. The van der Waals surface area contributed by atoms with Gasteiger partial charge >= 0.3 is 0 Å². The molecule has 2 N–H and O–H groups in total. The first-order valence-electron chi connectivity index (χ1n) is 6.57. The molecule has 0 unspecified atom stereocenters. The molecular weight excluding hydrogens is 316 g/mol. The van der Waals surface area contributed by atoms with Gasteiger partial charge in [-0.3, -0.25) is 4.79 Å². The largest absolute Gasteiger partial charge is 0.482 e. The SMILES string of the molecule is CCN(C(=O)COc1ccc(Cl)cc1S(N)(=O)=O)C1CC1. The molecule has 21 heavy (non-hydrogen) atoms. The van der Waals surface area contributed by atoms with Crippen LogP contribution in [-0.4, -0.2) is 38.4 Å². The molecule has 6 nitrogen and oxygen atoms in total. The Morgan fingerprint density at radius 1 is 1.48 bits per heavy atom. The maximum atomic E-state index is 12.1. The Morgan fingerprint density at radius 2 is 2.14 bits per heavy atom. The van der Waals surface area contributed by atoms with E-state index in [-0.39, 0.29) is 34.2 Å². The lowest BCUT2D eigenvalue weighted by molar-refractivity contribution is -0.133. The number of ether oxygens (including phenoxy) is 1. The molecular formula is C13H17ClN2O4S. The van der Waals surface area contributed by atoms with Crippen LogP contribution in [0.15, 0.2) is 23.1 Å². The highest BCUT2D eigenvalue weighted by Crippen LogP contribution is 2.28. The molecule has 1 fully saturated rings. The van der Waals surface area contributed by atoms with Crippen molar-refractivity contribution >= 4 is 27.5 Å². The quantitative estimate of drug-likeness (QED) is 0.852. The number of nitrogens with two attached hydrogens (primary N) is 1. The van der Waals surface area contributed by atoms with Crippen molar-refractivity contribution in [2.45, 2.75) is 30.7 Å². The van der Waals surface area contributed by atoms with Crippen LogP contribution in [0.5, 0.6) is 5.75 Å². The number of sulfonamides is 1. The predicted molar refractivity (Wildman–Crippen MR) is 78.7 cm³/mol. The number of likely N-dealkylation sites (N-methyl/N-ethyl adjacent to an activating group) is 1. The third-order valence-electron chi connectivity index (χ3n) is 3.21. The van der Waals surface area contributed by atoms with E-state index in [2.05, 4.69) is 0 Å². The van der Waals surface area contributed by atoms with E-state index in [1.807, 2.05) is 6.92 Å². The van der Waals surface area contributed by atoms with Gasteiger partial charge in [-0.15, -0.1) is 0 Å². The van der Waals surface area contributed by atoms with Crippen LogP contribution in [0.4, 0.5) is 0 Å². The van der Waals surface area contributed by atoms with Crippen molar-refractivity contribution in [1.82, 2.24) is 4.90 Å². The van der Waals surface area contributed by atoms with E-state index in [1.54, 1.807) is 4.90 Å². The number of amides is 1. The van der Waals surface area contributed by atoms with Gasteiger partial charge < -0.3 is 9.64 Å². The lowest BCUT2D eigenvalue weighted by atomic mass is 10.3. The van der Waals surface area contributed by atoms with E-state index in [9.17, 15) is 13.2 Å². The monoisotopic (exact) mass is 332 g/mol. The first-order valence-corrected chi connectivity index (χ1v) is 8.50. The van der Waals surface area contributed by atoms with E-state index in [0.717, 1.165) is 12.8 Å². The minimum absolute atomic E-state index is 0.0297. The summed E-state index contributed by atoms with van der Waals surface area (Å²) in [5, 5.41) is 5.34. The van der Waals surface area contributed by atoms with Gasteiger partial charge in [0.05, 0.1) is 0 Å². The van der Waals surface area contributed by atoms with Crippen LogP contribution >= 0.6 is 11.6 Å². The Labute approximate surface area is 128 Å². The van der Waals surface area contributed by atoms with Crippen LogP contribution in [0.3, 0.4) is 0 Å². The Morgan fingerprint density at radius 3 is 2.67 bits per heavy atom. The van der Waals surface area contributed by atoms with Crippen LogP contribution in [0.2, 0.25) is 5.02 Å².